The minimum atomic E-state index is -1.40. The number of carbonyl (C=O) groups is 2. The first-order chi connectivity index (χ1) is 12.4. The zero-order valence-corrected chi connectivity index (χ0v) is 15.6. The highest BCUT2D eigenvalue weighted by molar-refractivity contribution is 7.12. The summed E-state index contributed by atoms with van der Waals surface area (Å²) in [5, 5.41) is 13.0. The lowest BCUT2D eigenvalue weighted by Crippen LogP contribution is -2.49. The minimum Gasteiger partial charge on any atom is -0.546 e. The van der Waals surface area contributed by atoms with E-state index in [0.29, 0.717) is 31.9 Å². The second kappa shape index (κ2) is 7.37. The van der Waals surface area contributed by atoms with Crippen molar-refractivity contribution < 1.29 is 19.4 Å². The van der Waals surface area contributed by atoms with Crippen LogP contribution in [0.15, 0.2) is 41.8 Å². The molecule has 1 aliphatic rings. The zero-order valence-electron chi connectivity index (χ0n) is 14.8. The van der Waals surface area contributed by atoms with Crippen LogP contribution < -0.4 is 14.7 Å². The third kappa shape index (κ3) is 3.99. The molecule has 0 saturated carbocycles. The number of benzene rings is 1. The summed E-state index contributed by atoms with van der Waals surface area (Å²) in [6.07, 6.45) is 0. The first-order valence-corrected chi connectivity index (χ1v) is 9.33. The first kappa shape index (κ1) is 18.3. The Morgan fingerprint density at radius 1 is 1.12 bits per heavy atom. The van der Waals surface area contributed by atoms with E-state index < -0.39 is 11.6 Å². The number of piperazine rings is 1. The van der Waals surface area contributed by atoms with Crippen molar-refractivity contribution >= 4 is 28.9 Å². The lowest BCUT2D eigenvalue weighted by atomic mass is 10.1. The van der Waals surface area contributed by atoms with Crippen LogP contribution >= 0.6 is 11.3 Å². The van der Waals surface area contributed by atoms with E-state index in [9.17, 15) is 14.7 Å². The molecular formula is C19H21N2O4S-. The standard InChI is InChI=1S/C19H22N2O4S/c1-19(2,18(23)24)25-15-6-3-5-14(13-15)20-8-10-21(11-9-20)17(22)16-7-4-12-26-16/h3-7,12-13H,8-11H2,1-2H3,(H,23,24)/p-1. The van der Waals surface area contributed by atoms with Gasteiger partial charge in [-0.3, -0.25) is 4.79 Å². The van der Waals surface area contributed by atoms with E-state index in [2.05, 4.69) is 4.90 Å². The number of carbonyl (C=O) groups excluding carboxylic acids is 2. The molecule has 2 heterocycles. The predicted octanol–water partition coefficient (Wildman–Crippen LogP) is 1.62. The number of ether oxygens (including phenoxy) is 1. The van der Waals surface area contributed by atoms with Gasteiger partial charge in [0.05, 0.1) is 10.8 Å². The van der Waals surface area contributed by atoms with Crippen LogP contribution in [0.2, 0.25) is 0 Å². The van der Waals surface area contributed by atoms with Crippen molar-refractivity contribution in [1.29, 1.82) is 0 Å². The highest BCUT2D eigenvalue weighted by Crippen LogP contribution is 2.25. The summed E-state index contributed by atoms with van der Waals surface area (Å²) in [7, 11) is 0. The van der Waals surface area contributed by atoms with Crippen LogP contribution in [-0.4, -0.2) is 48.6 Å². The van der Waals surface area contributed by atoms with Crippen LogP contribution in [0.3, 0.4) is 0 Å². The zero-order chi connectivity index (χ0) is 18.7. The highest BCUT2D eigenvalue weighted by Gasteiger charge is 2.24. The molecule has 0 aliphatic carbocycles. The van der Waals surface area contributed by atoms with Crippen LogP contribution in [0.5, 0.6) is 5.75 Å². The van der Waals surface area contributed by atoms with Crippen molar-refractivity contribution in [2.45, 2.75) is 19.4 Å². The Bertz CT molecular complexity index is 781. The van der Waals surface area contributed by atoms with Gasteiger partial charge in [0.15, 0.2) is 0 Å². The molecule has 1 aromatic heterocycles. The van der Waals surface area contributed by atoms with Crippen molar-refractivity contribution in [2.24, 2.45) is 0 Å². The van der Waals surface area contributed by atoms with Crippen LogP contribution in [0.4, 0.5) is 5.69 Å². The normalized spacial score (nSPS) is 15.0. The van der Waals surface area contributed by atoms with E-state index in [1.165, 1.54) is 25.2 Å². The number of aliphatic carboxylic acids is 1. The molecule has 7 heteroatoms. The fraction of sp³-hybridized carbons (Fsp3) is 0.368. The number of hydrogen-bond donors (Lipinski definition) is 0. The molecule has 6 nitrogen and oxygen atoms in total. The Hall–Kier alpha value is -2.54. The molecular weight excluding hydrogens is 352 g/mol. The largest absolute Gasteiger partial charge is 0.546 e. The molecule has 0 N–H and O–H groups in total. The van der Waals surface area contributed by atoms with Crippen LogP contribution in [0.1, 0.15) is 23.5 Å². The summed E-state index contributed by atoms with van der Waals surface area (Å²) >= 11 is 1.46. The summed E-state index contributed by atoms with van der Waals surface area (Å²) < 4.78 is 5.55. The lowest BCUT2D eigenvalue weighted by molar-refractivity contribution is -0.320. The van der Waals surface area contributed by atoms with Crippen LogP contribution in [0, 0.1) is 0 Å². The molecule has 3 rings (SSSR count). The molecule has 2 aromatic rings. The Kier molecular flexibility index (Phi) is 5.18. The first-order valence-electron chi connectivity index (χ1n) is 8.45. The van der Waals surface area contributed by atoms with Gasteiger partial charge in [0.25, 0.3) is 5.91 Å². The van der Waals surface area contributed by atoms with E-state index in [0.717, 1.165) is 10.6 Å². The maximum Gasteiger partial charge on any atom is 0.264 e. The molecule has 0 bridgehead atoms. The van der Waals surface area contributed by atoms with E-state index in [4.69, 9.17) is 4.74 Å². The molecule has 138 valence electrons. The second-order valence-electron chi connectivity index (χ2n) is 6.65. The van der Waals surface area contributed by atoms with Crippen LogP contribution in [-0.2, 0) is 4.79 Å². The summed E-state index contributed by atoms with van der Waals surface area (Å²) in [4.78, 5) is 28.3. The van der Waals surface area contributed by atoms with E-state index in [1.54, 1.807) is 6.07 Å². The number of carboxylic acids is 1. The molecule has 1 fully saturated rings. The summed E-state index contributed by atoms with van der Waals surface area (Å²) in [6, 6.07) is 11.1. The molecule has 1 aliphatic heterocycles. The average molecular weight is 373 g/mol. The molecule has 1 amide bonds. The third-order valence-corrected chi connectivity index (χ3v) is 5.20. The molecule has 0 atom stereocenters. The van der Waals surface area contributed by atoms with E-state index in [-0.39, 0.29) is 5.91 Å². The smallest absolute Gasteiger partial charge is 0.264 e. The van der Waals surface area contributed by atoms with Gasteiger partial charge >= 0.3 is 0 Å². The van der Waals surface area contributed by atoms with Gasteiger partial charge in [-0.2, -0.15) is 0 Å². The van der Waals surface area contributed by atoms with Crippen molar-refractivity contribution in [3.05, 3.63) is 46.7 Å². The lowest BCUT2D eigenvalue weighted by Gasteiger charge is -2.36. The molecule has 0 unspecified atom stereocenters. The van der Waals surface area contributed by atoms with Gasteiger partial charge in [-0.05, 0) is 37.4 Å². The quantitative estimate of drug-likeness (QED) is 0.796. The Labute approximate surface area is 156 Å². The number of thiophene rings is 1. The number of hydrogen-bond acceptors (Lipinski definition) is 6. The minimum absolute atomic E-state index is 0.0763. The van der Waals surface area contributed by atoms with Gasteiger partial charge in [0.1, 0.15) is 11.4 Å². The monoisotopic (exact) mass is 373 g/mol. The fourth-order valence-corrected chi connectivity index (χ4v) is 3.49. The third-order valence-electron chi connectivity index (χ3n) is 4.35. The van der Waals surface area contributed by atoms with Crippen LogP contribution in [0.25, 0.3) is 0 Å². The SMILES string of the molecule is CC(C)(Oc1cccc(N2CCN(C(=O)c3cccs3)CC2)c1)C(=O)[O-]. The molecule has 1 aromatic carbocycles. The van der Waals surface area contributed by atoms with Gasteiger partial charge in [-0.1, -0.05) is 12.1 Å². The molecule has 26 heavy (non-hydrogen) atoms. The summed E-state index contributed by atoms with van der Waals surface area (Å²) in [5.74, 6) is -0.704. The van der Waals surface area contributed by atoms with E-state index >= 15 is 0 Å². The number of nitrogens with zero attached hydrogens (tertiary/aromatic N) is 2. The maximum absolute atomic E-state index is 12.4. The number of rotatable bonds is 5. The van der Waals surface area contributed by atoms with Crippen molar-refractivity contribution in [1.82, 2.24) is 4.90 Å². The average Bonchev–Trinajstić information content (AvgIpc) is 3.15. The number of anilines is 1. The number of carboxylic acid groups (broad SMARTS) is 1. The van der Waals surface area contributed by atoms with Crippen molar-refractivity contribution in [3.8, 4) is 5.75 Å². The maximum atomic E-state index is 12.4. The molecule has 0 radical (unpaired) electrons. The van der Waals surface area contributed by atoms with Gasteiger partial charge in [0.2, 0.25) is 0 Å². The predicted molar refractivity (Wildman–Crippen MR) is 98.6 cm³/mol. The van der Waals surface area contributed by atoms with Crippen molar-refractivity contribution in [2.75, 3.05) is 31.1 Å². The highest BCUT2D eigenvalue weighted by atomic mass is 32.1. The topological polar surface area (TPSA) is 72.9 Å². The van der Waals surface area contributed by atoms with Gasteiger partial charge in [-0.15, -0.1) is 11.3 Å². The van der Waals surface area contributed by atoms with Gasteiger partial charge < -0.3 is 24.4 Å². The Morgan fingerprint density at radius 3 is 2.46 bits per heavy atom. The van der Waals surface area contributed by atoms with Gasteiger partial charge in [0, 0.05) is 37.9 Å². The fourth-order valence-electron chi connectivity index (χ4n) is 2.80. The van der Waals surface area contributed by atoms with Crippen molar-refractivity contribution in [3.63, 3.8) is 0 Å². The Morgan fingerprint density at radius 2 is 1.85 bits per heavy atom. The second-order valence-corrected chi connectivity index (χ2v) is 7.60. The molecule has 0 spiro atoms. The Balaban J connectivity index is 1.64. The number of amides is 1. The van der Waals surface area contributed by atoms with Gasteiger partial charge in [-0.25, -0.2) is 0 Å². The summed E-state index contributed by atoms with van der Waals surface area (Å²) in [6.45, 7) is 5.64. The van der Waals surface area contributed by atoms with E-state index in [1.807, 2.05) is 40.6 Å². The molecule has 1 saturated heterocycles. The summed E-state index contributed by atoms with van der Waals surface area (Å²) in [5.41, 5.74) is -0.454.